The molecule has 1 aromatic carbocycles. The quantitative estimate of drug-likeness (QED) is 0.471. The maximum atomic E-state index is 11.7. The van der Waals surface area contributed by atoms with E-state index in [0.29, 0.717) is 16.6 Å². The van der Waals surface area contributed by atoms with Gasteiger partial charge >= 0.3 is 5.97 Å². The van der Waals surface area contributed by atoms with Crippen LogP contribution in [-0.4, -0.2) is 23.7 Å². The molecule has 1 rings (SSSR count). The van der Waals surface area contributed by atoms with Crippen molar-refractivity contribution < 1.29 is 14.3 Å². The molecule has 0 fully saturated rings. The van der Waals surface area contributed by atoms with Gasteiger partial charge in [0.15, 0.2) is 5.78 Å². The summed E-state index contributed by atoms with van der Waals surface area (Å²) in [4.78, 5) is 23.0. The first kappa shape index (κ1) is 15.2. The summed E-state index contributed by atoms with van der Waals surface area (Å²) in [7, 11) is 0. The lowest BCUT2D eigenvalue weighted by Gasteiger charge is -2.07. The average Bonchev–Trinajstić information content (AvgIpc) is 2.31. The van der Waals surface area contributed by atoms with Gasteiger partial charge in [0.25, 0.3) is 0 Å². The molecule has 0 amide bonds. The van der Waals surface area contributed by atoms with Crippen molar-refractivity contribution in [1.29, 1.82) is 0 Å². The Hall–Kier alpha value is -0.870. The van der Waals surface area contributed by atoms with E-state index in [9.17, 15) is 9.59 Å². The number of ketones is 1. The van der Waals surface area contributed by atoms with Crippen LogP contribution in [0.15, 0.2) is 22.7 Å². The van der Waals surface area contributed by atoms with E-state index in [1.54, 1.807) is 32.0 Å². The normalized spacial score (nSPS) is 12.0. The maximum absolute atomic E-state index is 11.7. The number of esters is 1. The molecule has 0 radical (unpaired) electrons. The fraction of sp³-hybridized carbons (Fsp3) is 0.385. The number of carbonyl (C=O) groups is 2. The van der Waals surface area contributed by atoms with Crippen LogP contribution in [0, 0.1) is 0 Å². The molecule has 3 nitrogen and oxygen atoms in total. The van der Waals surface area contributed by atoms with Gasteiger partial charge in [-0.05, 0) is 25.5 Å². The SMILES string of the molecule is CCOC(=O)Cc1ccc(C(=O)C(C)Cl)cc1Br. The zero-order valence-corrected chi connectivity index (χ0v) is 12.5. The Bertz CT molecular complexity index is 458. The molecule has 0 N–H and O–H groups in total. The standard InChI is InChI=1S/C13H14BrClO3/c1-3-18-12(16)7-9-4-5-10(6-11(9)14)13(17)8(2)15/h4-6,8H,3,7H2,1-2H3. The zero-order valence-electron chi connectivity index (χ0n) is 10.2. The summed E-state index contributed by atoms with van der Waals surface area (Å²) < 4.78 is 5.58. The molecule has 0 spiro atoms. The largest absolute Gasteiger partial charge is 0.466 e. The third-order valence-corrected chi connectivity index (χ3v) is 3.28. The van der Waals surface area contributed by atoms with E-state index in [0.717, 1.165) is 5.56 Å². The summed E-state index contributed by atoms with van der Waals surface area (Å²) in [5.74, 6) is -0.428. The fourth-order valence-corrected chi connectivity index (χ4v) is 2.09. The van der Waals surface area contributed by atoms with E-state index in [1.165, 1.54) is 0 Å². The highest BCUT2D eigenvalue weighted by molar-refractivity contribution is 9.10. The van der Waals surface area contributed by atoms with Crippen molar-refractivity contribution >= 4 is 39.3 Å². The summed E-state index contributed by atoms with van der Waals surface area (Å²) in [5.41, 5.74) is 1.31. The predicted octanol–water partition coefficient (Wildman–Crippen LogP) is 3.36. The maximum Gasteiger partial charge on any atom is 0.310 e. The van der Waals surface area contributed by atoms with Crippen LogP contribution >= 0.6 is 27.5 Å². The van der Waals surface area contributed by atoms with Gasteiger partial charge in [0.2, 0.25) is 0 Å². The van der Waals surface area contributed by atoms with Crippen molar-refractivity contribution in [1.82, 2.24) is 0 Å². The summed E-state index contributed by atoms with van der Waals surface area (Å²) in [6, 6.07) is 5.07. The fourth-order valence-electron chi connectivity index (χ4n) is 1.44. The molecule has 18 heavy (non-hydrogen) atoms. The van der Waals surface area contributed by atoms with Gasteiger partial charge in [-0.1, -0.05) is 28.1 Å². The second-order valence-electron chi connectivity index (χ2n) is 3.77. The molecule has 0 aliphatic rings. The van der Waals surface area contributed by atoms with Crippen LogP contribution < -0.4 is 0 Å². The second-order valence-corrected chi connectivity index (χ2v) is 5.28. The summed E-state index contributed by atoms with van der Waals surface area (Å²) in [6.45, 7) is 3.75. The highest BCUT2D eigenvalue weighted by Gasteiger charge is 2.14. The van der Waals surface area contributed by atoms with Gasteiger partial charge in [0, 0.05) is 10.0 Å². The monoisotopic (exact) mass is 332 g/mol. The first-order chi connectivity index (χ1) is 8.45. The van der Waals surface area contributed by atoms with Gasteiger partial charge in [-0.2, -0.15) is 0 Å². The van der Waals surface area contributed by atoms with E-state index in [-0.39, 0.29) is 18.2 Å². The van der Waals surface area contributed by atoms with Gasteiger partial charge in [0.05, 0.1) is 18.4 Å². The first-order valence-electron chi connectivity index (χ1n) is 5.58. The van der Waals surface area contributed by atoms with Crippen LogP contribution in [0.25, 0.3) is 0 Å². The Balaban J connectivity index is 2.86. The van der Waals surface area contributed by atoms with E-state index in [4.69, 9.17) is 16.3 Å². The predicted molar refractivity (Wildman–Crippen MR) is 74.1 cm³/mol. The van der Waals surface area contributed by atoms with Crippen molar-refractivity contribution in [2.24, 2.45) is 0 Å². The van der Waals surface area contributed by atoms with E-state index in [1.807, 2.05) is 0 Å². The highest BCUT2D eigenvalue weighted by atomic mass is 79.9. The summed E-state index contributed by atoms with van der Waals surface area (Å²) in [5, 5.41) is -0.562. The van der Waals surface area contributed by atoms with E-state index in [2.05, 4.69) is 15.9 Å². The number of halogens is 2. The van der Waals surface area contributed by atoms with Crippen LogP contribution in [0.2, 0.25) is 0 Å². The summed E-state index contributed by atoms with van der Waals surface area (Å²) in [6.07, 6.45) is 0.180. The molecule has 0 heterocycles. The molecule has 0 aliphatic carbocycles. The Morgan fingerprint density at radius 3 is 2.61 bits per heavy atom. The number of Topliss-reactive ketones (excluding diaryl/α,β-unsaturated/α-hetero) is 1. The van der Waals surface area contributed by atoms with E-state index < -0.39 is 5.38 Å². The third-order valence-electron chi connectivity index (χ3n) is 2.34. The Kier molecular flexibility index (Phi) is 5.82. The van der Waals surface area contributed by atoms with Crippen molar-refractivity contribution in [2.45, 2.75) is 25.6 Å². The first-order valence-corrected chi connectivity index (χ1v) is 6.81. The minimum absolute atomic E-state index is 0.139. The van der Waals surface area contributed by atoms with Gasteiger partial charge in [-0.15, -0.1) is 11.6 Å². The molecular formula is C13H14BrClO3. The number of ether oxygens (including phenoxy) is 1. The highest BCUT2D eigenvalue weighted by Crippen LogP contribution is 2.21. The number of benzene rings is 1. The van der Waals surface area contributed by atoms with Crippen LogP contribution in [-0.2, 0) is 16.0 Å². The van der Waals surface area contributed by atoms with Gasteiger partial charge < -0.3 is 4.74 Å². The lowest BCUT2D eigenvalue weighted by Crippen LogP contribution is -2.12. The molecule has 0 bridgehead atoms. The Morgan fingerprint density at radius 2 is 2.11 bits per heavy atom. The number of carbonyl (C=O) groups excluding carboxylic acids is 2. The topological polar surface area (TPSA) is 43.4 Å². The molecule has 5 heteroatoms. The van der Waals surface area contributed by atoms with Crippen LogP contribution in [0.3, 0.4) is 0 Å². The van der Waals surface area contributed by atoms with Crippen molar-refractivity contribution in [3.8, 4) is 0 Å². The molecule has 1 unspecified atom stereocenters. The lowest BCUT2D eigenvalue weighted by atomic mass is 10.0. The number of hydrogen-bond acceptors (Lipinski definition) is 3. The zero-order chi connectivity index (χ0) is 13.7. The number of hydrogen-bond donors (Lipinski definition) is 0. The Morgan fingerprint density at radius 1 is 1.44 bits per heavy atom. The van der Waals surface area contributed by atoms with Crippen LogP contribution in [0.4, 0.5) is 0 Å². The summed E-state index contributed by atoms with van der Waals surface area (Å²) >= 11 is 9.08. The molecule has 1 aromatic rings. The molecule has 98 valence electrons. The number of rotatable bonds is 5. The lowest BCUT2D eigenvalue weighted by molar-refractivity contribution is -0.142. The number of alkyl halides is 1. The molecule has 0 aliphatic heterocycles. The minimum Gasteiger partial charge on any atom is -0.466 e. The average molecular weight is 334 g/mol. The molecule has 1 atom stereocenters. The van der Waals surface area contributed by atoms with Gasteiger partial charge in [0.1, 0.15) is 0 Å². The van der Waals surface area contributed by atoms with Crippen LogP contribution in [0.5, 0.6) is 0 Å². The smallest absolute Gasteiger partial charge is 0.310 e. The van der Waals surface area contributed by atoms with Crippen molar-refractivity contribution in [3.05, 3.63) is 33.8 Å². The molecule has 0 saturated heterocycles. The Labute approximate surface area is 120 Å². The van der Waals surface area contributed by atoms with E-state index >= 15 is 0 Å². The third kappa shape index (κ3) is 4.10. The molecular weight excluding hydrogens is 319 g/mol. The van der Waals surface area contributed by atoms with Crippen molar-refractivity contribution in [2.75, 3.05) is 6.61 Å². The molecule has 0 aromatic heterocycles. The van der Waals surface area contributed by atoms with Crippen molar-refractivity contribution in [3.63, 3.8) is 0 Å². The van der Waals surface area contributed by atoms with Gasteiger partial charge in [-0.25, -0.2) is 0 Å². The minimum atomic E-state index is -0.562. The van der Waals surface area contributed by atoms with Crippen LogP contribution in [0.1, 0.15) is 29.8 Å². The van der Waals surface area contributed by atoms with Gasteiger partial charge in [-0.3, -0.25) is 9.59 Å². The second kappa shape index (κ2) is 6.90. The molecule has 0 saturated carbocycles.